The lowest BCUT2D eigenvalue weighted by atomic mass is 10.1. The highest BCUT2D eigenvalue weighted by Gasteiger charge is 2.30. The molecule has 0 unspecified atom stereocenters. The molecule has 0 aliphatic carbocycles. The molecule has 26 heavy (non-hydrogen) atoms. The summed E-state index contributed by atoms with van der Waals surface area (Å²) in [5, 5.41) is 14.0. The largest absolute Gasteiger partial charge is 0.480 e. The average molecular weight is 378 g/mol. The van der Waals surface area contributed by atoms with Crippen molar-refractivity contribution < 1.29 is 19.4 Å². The van der Waals surface area contributed by atoms with Gasteiger partial charge in [-0.2, -0.15) is 5.10 Å². The van der Waals surface area contributed by atoms with Gasteiger partial charge < -0.3 is 14.7 Å². The minimum absolute atomic E-state index is 0.157. The van der Waals surface area contributed by atoms with E-state index in [9.17, 15) is 14.7 Å². The molecule has 0 radical (unpaired) electrons. The summed E-state index contributed by atoms with van der Waals surface area (Å²) in [6, 6.07) is 7.05. The Hall–Kier alpha value is -2.38. The van der Waals surface area contributed by atoms with Crippen LogP contribution in [0.3, 0.4) is 0 Å². The van der Waals surface area contributed by atoms with Gasteiger partial charge in [0.25, 0.3) is 5.91 Å². The Kier molecular flexibility index (Phi) is 5.58. The van der Waals surface area contributed by atoms with Crippen LogP contribution in [0.5, 0.6) is 0 Å². The van der Waals surface area contributed by atoms with Crippen LogP contribution in [0.1, 0.15) is 28.9 Å². The molecule has 2 heterocycles. The van der Waals surface area contributed by atoms with E-state index in [0.29, 0.717) is 48.0 Å². The molecule has 3 rings (SSSR count). The number of aliphatic carboxylic acids is 1. The molecule has 7 nitrogen and oxygen atoms in total. The van der Waals surface area contributed by atoms with Crippen molar-refractivity contribution in [3.05, 3.63) is 46.7 Å². The van der Waals surface area contributed by atoms with Crippen molar-refractivity contribution in [2.24, 2.45) is 0 Å². The van der Waals surface area contributed by atoms with Crippen molar-refractivity contribution in [3.63, 3.8) is 0 Å². The number of carbonyl (C=O) groups is 2. The Labute approximate surface area is 156 Å². The van der Waals surface area contributed by atoms with Crippen molar-refractivity contribution in [2.45, 2.75) is 25.8 Å². The molecular weight excluding hydrogens is 358 g/mol. The SMILES string of the molecule is Cc1c(C(=O)N(CC(=O)O)C2CCOCC2)cnn1-c1ccccc1Cl. The maximum Gasteiger partial charge on any atom is 0.323 e. The van der Waals surface area contributed by atoms with E-state index in [1.165, 1.54) is 11.1 Å². The first-order chi connectivity index (χ1) is 12.5. The molecule has 2 aromatic rings. The Morgan fingerprint density at radius 3 is 2.69 bits per heavy atom. The highest BCUT2D eigenvalue weighted by molar-refractivity contribution is 6.32. The van der Waals surface area contributed by atoms with Gasteiger partial charge in [0, 0.05) is 19.3 Å². The Morgan fingerprint density at radius 2 is 2.04 bits per heavy atom. The van der Waals surface area contributed by atoms with Crippen LogP contribution in [0.2, 0.25) is 5.02 Å². The van der Waals surface area contributed by atoms with Gasteiger partial charge in [-0.05, 0) is 31.9 Å². The number of para-hydroxylation sites is 1. The second-order valence-corrected chi connectivity index (χ2v) is 6.58. The standard InChI is InChI=1S/C18H20ClN3O4/c1-12-14(10-20-22(12)16-5-3-2-4-15(16)19)18(25)21(11-17(23)24)13-6-8-26-9-7-13/h2-5,10,13H,6-9,11H2,1H3,(H,23,24). The van der Waals surface area contributed by atoms with E-state index in [0.717, 1.165) is 0 Å². The number of carbonyl (C=O) groups excluding carboxylic acids is 1. The van der Waals surface area contributed by atoms with E-state index in [1.807, 2.05) is 18.2 Å². The van der Waals surface area contributed by atoms with Crippen LogP contribution in [-0.2, 0) is 9.53 Å². The molecule has 1 N–H and O–H groups in total. The van der Waals surface area contributed by atoms with Gasteiger partial charge >= 0.3 is 5.97 Å². The lowest BCUT2D eigenvalue weighted by Gasteiger charge is -2.33. The Balaban J connectivity index is 1.92. The van der Waals surface area contributed by atoms with Gasteiger partial charge in [0.15, 0.2) is 0 Å². The third kappa shape index (κ3) is 3.73. The fourth-order valence-electron chi connectivity index (χ4n) is 3.15. The molecule has 1 aliphatic rings. The van der Waals surface area contributed by atoms with Gasteiger partial charge in [0.05, 0.1) is 28.2 Å². The molecule has 1 aliphatic heterocycles. The topological polar surface area (TPSA) is 84.7 Å². The summed E-state index contributed by atoms with van der Waals surface area (Å²) < 4.78 is 6.92. The van der Waals surface area contributed by atoms with Crippen LogP contribution >= 0.6 is 11.6 Å². The van der Waals surface area contributed by atoms with E-state index >= 15 is 0 Å². The number of nitrogens with zero attached hydrogens (tertiary/aromatic N) is 3. The second kappa shape index (κ2) is 7.88. The Morgan fingerprint density at radius 1 is 1.35 bits per heavy atom. The summed E-state index contributed by atoms with van der Waals surface area (Å²) in [6.45, 7) is 2.46. The van der Waals surface area contributed by atoms with Gasteiger partial charge in [0.2, 0.25) is 0 Å². The summed E-state index contributed by atoms with van der Waals surface area (Å²) in [5.74, 6) is -1.38. The summed E-state index contributed by atoms with van der Waals surface area (Å²) in [7, 11) is 0. The molecular formula is C18H20ClN3O4. The zero-order chi connectivity index (χ0) is 18.7. The van der Waals surface area contributed by atoms with E-state index in [-0.39, 0.29) is 18.5 Å². The molecule has 0 bridgehead atoms. The zero-order valence-electron chi connectivity index (χ0n) is 14.4. The van der Waals surface area contributed by atoms with Crippen LogP contribution < -0.4 is 0 Å². The predicted molar refractivity (Wildman–Crippen MR) is 95.8 cm³/mol. The first kappa shape index (κ1) is 18.4. The van der Waals surface area contributed by atoms with Crippen LogP contribution in [0.4, 0.5) is 0 Å². The van der Waals surface area contributed by atoms with Gasteiger partial charge in [-0.15, -0.1) is 0 Å². The monoisotopic (exact) mass is 377 g/mol. The normalized spacial score (nSPS) is 15.0. The van der Waals surface area contributed by atoms with Gasteiger partial charge in [0.1, 0.15) is 6.54 Å². The van der Waals surface area contributed by atoms with Crippen LogP contribution in [-0.4, -0.2) is 57.5 Å². The fourth-order valence-corrected chi connectivity index (χ4v) is 3.37. The number of hydrogen-bond donors (Lipinski definition) is 1. The van der Waals surface area contributed by atoms with Gasteiger partial charge in [-0.3, -0.25) is 9.59 Å². The molecule has 1 aromatic heterocycles. The first-order valence-corrected chi connectivity index (χ1v) is 8.77. The molecule has 0 atom stereocenters. The number of carboxylic acids is 1. The smallest absolute Gasteiger partial charge is 0.323 e. The van der Waals surface area contributed by atoms with Crippen molar-refractivity contribution in [3.8, 4) is 5.69 Å². The summed E-state index contributed by atoms with van der Waals surface area (Å²) in [6.07, 6.45) is 2.71. The number of aromatic nitrogens is 2. The van der Waals surface area contributed by atoms with E-state index in [2.05, 4.69) is 5.10 Å². The molecule has 0 spiro atoms. The molecule has 138 valence electrons. The van der Waals surface area contributed by atoms with Crippen molar-refractivity contribution in [1.82, 2.24) is 14.7 Å². The third-order valence-electron chi connectivity index (χ3n) is 4.52. The lowest BCUT2D eigenvalue weighted by Crippen LogP contribution is -2.46. The van der Waals surface area contributed by atoms with Gasteiger partial charge in [-0.25, -0.2) is 4.68 Å². The molecule has 1 fully saturated rings. The molecule has 1 saturated heterocycles. The number of halogens is 1. The molecule has 1 amide bonds. The quantitative estimate of drug-likeness (QED) is 0.865. The summed E-state index contributed by atoms with van der Waals surface area (Å²) in [5.41, 5.74) is 1.66. The number of ether oxygens (including phenoxy) is 1. The van der Waals surface area contributed by atoms with E-state index in [1.54, 1.807) is 17.7 Å². The lowest BCUT2D eigenvalue weighted by molar-refractivity contribution is -0.138. The van der Waals surface area contributed by atoms with Gasteiger partial charge in [-0.1, -0.05) is 23.7 Å². The fraction of sp³-hybridized carbons (Fsp3) is 0.389. The molecule has 0 saturated carbocycles. The molecule has 1 aromatic carbocycles. The number of amides is 1. The number of benzene rings is 1. The van der Waals surface area contributed by atoms with E-state index in [4.69, 9.17) is 16.3 Å². The van der Waals surface area contributed by atoms with Crippen molar-refractivity contribution in [1.29, 1.82) is 0 Å². The summed E-state index contributed by atoms with van der Waals surface area (Å²) in [4.78, 5) is 25.8. The van der Waals surface area contributed by atoms with Crippen molar-refractivity contribution in [2.75, 3.05) is 19.8 Å². The maximum absolute atomic E-state index is 13.1. The Bertz CT molecular complexity index is 815. The first-order valence-electron chi connectivity index (χ1n) is 8.39. The minimum Gasteiger partial charge on any atom is -0.480 e. The minimum atomic E-state index is -1.04. The number of carboxylic acid groups (broad SMARTS) is 1. The molecule has 8 heteroatoms. The second-order valence-electron chi connectivity index (χ2n) is 6.18. The maximum atomic E-state index is 13.1. The zero-order valence-corrected chi connectivity index (χ0v) is 15.1. The predicted octanol–water partition coefficient (Wildman–Crippen LogP) is 2.54. The van der Waals surface area contributed by atoms with E-state index < -0.39 is 5.97 Å². The number of hydrogen-bond acceptors (Lipinski definition) is 4. The van der Waals surface area contributed by atoms with Crippen LogP contribution in [0.15, 0.2) is 30.5 Å². The van der Waals surface area contributed by atoms with Crippen molar-refractivity contribution >= 4 is 23.5 Å². The third-order valence-corrected chi connectivity index (χ3v) is 4.84. The highest BCUT2D eigenvalue weighted by atomic mass is 35.5. The highest BCUT2D eigenvalue weighted by Crippen LogP contribution is 2.24. The van der Waals surface area contributed by atoms with Crippen LogP contribution in [0.25, 0.3) is 5.69 Å². The number of rotatable bonds is 5. The average Bonchev–Trinajstić information content (AvgIpc) is 3.01. The summed E-state index contributed by atoms with van der Waals surface area (Å²) >= 11 is 6.22. The van der Waals surface area contributed by atoms with Crippen LogP contribution in [0, 0.1) is 6.92 Å².